The van der Waals surface area contributed by atoms with Gasteiger partial charge >= 0.3 is 0 Å². The van der Waals surface area contributed by atoms with E-state index in [0.29, 0.717) is 0 Å². The first-order valence-corrected chi connectivity index (χ1v) is 4.68. The van der Waals surface area contributed by atoms with Gasteiger partial charge in [0.15, 0.2) is 0 Å². The lowest BCUT2D eigenvalue weighted by molar-refractivity contribution is 1.34. The zero-order chi connectivity index (χ0) is 9.97. The van der Waals surface area contributed by atoms with E-state index in [1.54, 1.807) is 0 Å². The highest BCUT2D eigenvalue weighted by Gasteiger charge is 1.92. The number of fused-ring (bicyclic) bond motifs is 1. The second kappa shape index (κ2) is 3.54. The van der Waals surface area contributed by atoms with Gasteiger partial charge < -0.3 is 5.73 Å². The Kier molecular flexibility index (Phi) is 2.23. The molecule has 70 valence electrons. The van der Waals surface area contributed by atoms with Crippen molar-refractivity contribution in [3.8, 4) is 0 Å². The molecule has 2 aromatic rings. The van der Waals surface area contributed by atoms with Crippen molar-refractivity contribution in [2.75, 3.05) is 0 Å². The molecular weight excluding hydrogens is 170 g/mol. The number of hydrogen-bond acceptors (Lipinski definition) is 1. The molecule has 2 N–H and O–H groups in total. The molecule has 0 aromatic heterocycles. The third kappa shape index (κ3) is 1.77. The fourth-order valence-electron chi connectivity index (χ4n) is 1.56. The molecule has 0 atom stereocenters. The molecule has 2 rings (SSSR count). The van der Waals surface area contributed by atoms with Crippen molar-refractivity contribution in [2.45, 2.75) is 6.92 Å². The summed E-state index contributed by atoms with van der Waals surface area (Å²) < 4.78 is 0. The zero-order valence-electron chi connectivity index (χ0n) is 8.20. The Morgan fingerprint density at radius 2 is 1.79 bits per heavy atom. The van der Waals surface area contributed by atoms with Crippen molar-refractivity contribution in [3.63, 3.8) is 0 Å². The molecule has 0 aliphatic carbocycles. The molecule has 0 aliphatic heterocycles. The van der Waals surface area contributed by atoms with Gasteiger partial charge in [-0.3, -0.25) is 0 Å². The lowest BCUT2D eigenvalue weighted by Crippen LogP contribution is -1.89. The maximum absolute atomic E-state index is 5.63. The van der Waals surface area contributed by atoms with Crippen LogP contribution in [-0.2, 0) is 0 Å². The Labute approximate surface area is 83.9 Å². The fourth-order valence-corrected chi connectivity index (χ4v) is 1.56. The highest BCUT2D eigenvalue weighted by Crippen LogP contribution is 2.16. The number of allylic oxidation sites excluding steroid dienone is 1. The van der Waals surface area contributed by atoms with E-state index in [0.717, 1.165) is 11.3 Å². The van der Waals surface area contributed by atoms with Crippen LogP contribution >= 0.6 is 0 Å². The summed E-state index contributed by atoms with van der Waals surface area (Å²) in [5.74, 6) is 0. The number of nitrogens with two attached hydrogens (primary N) is 1. The highest BCUT2D eigenvalue weighted by molar-refractivity contribution is 5.84. The van der Waals surface area contributed by atoms with Gasteiger partial charge in [0.2, 0.25) is 0 Å². The summed E-state index contributed by atoms with van der Waals surface area (Å²) in [5, 5.41) is 2.52. The number of rotatable bonds is 1. The van der Waals surface area contributed by atoms with Crippen LogP contribution in [0.4, 0.5) is 0 Å². The van der Waals surface area contributed by atoms with E-state index in [4.69, 9.17) is 5.73 Å². The van der Waals surface area contributed by atoms with Gasteiger partial charge in [0, 0.05) is 5.70 Å². The average molecular weight is 183 g/mol. The van der Waals surface area contributed by atoms with Gasteiger partial charge in [0.05, 0.1) is 0 Å². The Bertz CT molecular complexity index is 479. The van der Waals surface area contributed by atoms with E-state index in [1.807, 2.05) is 25.1 Å². The summed E-state index contributed by atoms with van der Waals surface area (Å²) in [6.45, 7) is 1.90. The van der Waals surface area contributed by atoms with Crippen LogP contribution in [0.1, 0.15) is 12.5 Å². The summed E-state index contributed by atoms with van der Waals surface area (Å²) in [5.41, 5.74) is 7.62. The molecule has 1 nitrogen and oxygen atoms in total. The Morgan fingerprint density at radius 1 is 1.07 bits per heavy atom. The Morgan fingerprint density at radius 3 is 2.50 bits per heavy atom. The Balaban J connectivity index is 2.57. The second-order valence-electron chi connectivity index (χ2n) is 3.49. The lowest BCUT2D eigenvalue weighted by atomic mass is 10.1. The maximum atomic E-state index is 5.63. The molecular formula is C13H13N. The van der Waals surface area contributed by atoms with Crippen LogP contribution in [0.25, 0.3) is 16.8 Å². The molecule has 0 bridgehead atoms. The summed E-state index contributed by atoms with van der Waals surface area (Å²) in [7, 11) is 0. The van der Waals surface area contributed by atoms with Crippen molar-refractivity contribution >= 4 is 16.8 Å². The second-order valence-corrected chi connectivity index (χ2v) is 3.49. The van der Waals surface area contributed by atoms with Gasteiger partial charge in [0.25, 0.3) is 0 Å². The standard InChI is InChI=1S/C13H13N/c1-10(14)8-11-6-7-12-4-2-3-5-13(12)9-11/h2-9H,14H2,1H3/b10-8+. The minimum absolute atomic E-state index is 0.834. The molecule has 2 aromatic carbocycles. The first-order chi connectivity index (χ1) is 6.75. The fraction of sp³-hybridized carbons (Fsp3) is 0.0769. The smallest absolute Gasteiger partial charge is 0.00548 e. The maximum Gasteiger partial charge on any atom is 0.00548 e. The van der Waals surface area contributed by atoms with Gasteiger partial charge in [-0.2, -0.15) is 0 Å². The summed E-state index contributed by atoms with van der Waals surface area (Å²) in [6, 6.07) is 14.7. The monoisotopic (exact) mass is 183 g/mol. The van der Waals surface area contributed by atoms with Crippen LogP contribution in [0, 0.1) is 0 Å². The third-order valence-electron chi connectivity index (χ3n) is 2.17. The zero-order valence-corrected chi connectivity index (χ0v) is 8.20. The molecule has 1 heteroatoms. The minimum Gasteiger partial charge on any atom is -0.402 e. The Hall–Kier alpha value is -1.76. The van der Waals surface area contributed by atoms with Crippen molar-refractivity contribution in [1.29, 1.82) is 0 Å². The molecule has 0 radical (unpaired) electrons. The first kappa shape index (κ1) is 8.82. The summed E-state index contributed by atoms with van der Waals surface area (Å²) in [6.07, 6.45) is 1.98. The molecule has 0 spiro atoms. The van der Waals surface area contributed by atoms with Crippen molar-refractivity contribution in [1.82, 2.24) is 0 Å². The first-order valence-electron chi connectivity index (χ1n) is 4.68. The average Bonchev–Trinajstić information content (AvgIpc) is 2.17. The molecule has 0 amide bonds. The largest absolute Gasteiger partial charge is 0.402 e. The van der Waals surface area contributed by atoms with E-state index in [2.05, 4.69) is 30.3 Å². The van der Waals surface area contributed by atoms with E-state index in [9.17, 15) is 0 Å². The van der Waals surface area contributed by atoms with Crippen molar-refractivity contribution in [2.24, 2.45) is 5.73 Å². The quantitative estimate of drug-likeness (QED) is 0.722. The molecule has 0 heterocycles. The van der Waals surface area contributed by atoms with Gasteiger partial charge in [-0.1, -0.05) is 36.4 Å². The molecule has 0 fully saturated rings. The molecule has 0 saturated heterocycles. The highest BCUT2D eigenvalue weighted by atomic mass is 14.5. The SMILES string of the molecule is C/C(N)=C\c1ccc2ccccc2c1. The van der Waals surface area contributed by atoms with Crippen molar-refractivity contribution < 1.29 is 0 Å². The number of hydrogen-bond donors (Lipinski definition) is 1. The van der Waals surface area contributed by atoms with Crippen LogP contribution in [0.2, 0.25) is 0 Å². The number of benzene rings is 2. The normalized spacial score (nSPS) is 11.9. The van der Waals surface area contributed by atoms with Crippen LogP contribution < -0.4 is 5.73 Å². The molecule has 0 unspecified atom stereocenters. The predicted octanol–water partition coefficient (Wildman–Crippen LogP) is 3.16. The molecule has 0 aliphatic rings. The molecule has 0 saturated carbocycles. The van der Waals surface area contributed by atoms with Crippen LogP contribution in [0.5, 0.6) is 0 Å². The third-order valence-corrected chi connectivity index (χ3v) is 2.17. The minimum atomic E-state index is 0.834. The summed E-state index contributed by atoms with van der Waals surface area (Å²) in [4.78, 5) is 0. The van der Waals surface area contributed by atoms with E-state index in [-0.39, 0.29) is 0 Å². The van der Waals surface area contributed by atoms with Crippen LogP contribution in [-0.4, -0.2) is 0 Å². The predicted molar refractivity (Wildman–Crippen MR) is 61.8 cm³/mol. The van der Waals surface area contributed by atoms with Gasteiger partial charge in [0.1, 0.15) is 0 Å². The summed E-state index contributed by atoms with van der Waals surface area (Å²) >= 11 is 0. The van der Waals surface area contributed by atoms with Crippen molar-refractivity contribution in [3.05, 3.63) is 53.7 Å². The topological polar surface area (TPSA) is 26.0 Å². The van der Waals surface area contributed by atoms with Gasteiger partial charge in [-0.05, 0) is 35.4 Å². The van der Waals surface area contributed by atoms with Gasteiger partial charge in [-0.15, -0.1) is 0 Å². The van der Waals surface area contributed by atoms with Crippen LogP contribution in [0.3, 0.4) is 0 Å². The molecule has 14 heavy (non-hydrogen) atoms. The van der Waals surface area contributed by atoms with E-state index >= 15 is 0 Å². The van der Waals surface area contributed by atoms with E-state index < -0.39 is 0 Å². The van der Waals surface area contributed by atoms with Crippen LogP contribution in [0.15, 0.2) is 48.2 Å². The lowest BCUT2D eigenvalue weighted by Gasteiger charge is -1.99. The van der Waals surface area contributed by atoms with Gasteiger partial charge in [-0.25, -0.2) is 0 Å². The van der Waals surface area contributed by atoms with E-state index in [1.165, 1.54) is 10.8 Å².